The summed E-state index contributed by atoms with van der Waals surface area (Å²) in [6, 6.07) is 0. The van der Waals surface area contributed by atoms with E-state index in [2.05, 4.69) is 5.92 Å². The van der Waals surface area contributed by atoms with Gasteiger partial charge in [0, 0.05) is 6.54 Å². The van der Waals surface area contributed by atoms with Gasteiger partial charge in [-0.2, -0.15) is 12.7 Å². The Bertz CT molecular complexity index is 242. The molecule has 0 heterocycles. The van der Waals surface area contributed by atoms with Gasteiger partial charge in [-0.15, -0.1) is 6.42 Å². The van der Waals surface area contributed by atoms with Crippen molar-refractivity contribution in [2.24, 2.45) is 0 Å². The van der Waals surface area contributed by atoms with E-state index in [-0.39, 0.29) is 13.1 Å². The summed E-state index contributed by atoms with van der Waals surface area (Å²) >= 11 is 0. The highest BCUT2D eigenvalue weighted by Crippen LogP contribution is 2.02. The molecule has 11 heavy (non-hydrogen) atoms. The zero-order valence-corrected chi connectivity index (χ0v) is 7.07. The summed E-state index contributed by atoms with van der Waals surface area (Å²) in [6.45, 7) is 1.67. The molecule has 0 saturated carbocycles. The van der Waals surface area contributed by atoms with Gasteiger partial charge in [0.25, 0.3) is 0 Å². The number of hydrogen-bond donors (Lipinski definition) is 0. The van der Waals surface area contributed by atoms with Crippen LogP contribution in [-0.2, 0) is 10.4 Å². The molecule has 0 rings (SSSR count). The van der Waals surface area contributed by atoms with Gasteiger partial charge in [-0.1, -0.05) is 16.7 Å². The van der Waals surface area contributed by atoms with E-state index in [1.165, 1.54) is 0 Å². The zero-order valence-electron chi connectivity index (χ0n) is 6.25. The third-order valence-electron chi connectivity index (χ3n) is 1.05. The second kappa shape index (κ2) is 4.31. The Morgan fingerprint density at radius 3 is 2.45 bits per heavy atom. The van der Waals surface area contributed by atoms with Crippen molar-refractivity contribution in [3.8, 4) is 12.3 Å². The summed E-state index contributed by atoms with van der Waals surface area (Å²) in [5.74, 6) is 2.07. The zero-order chi connectivity index (χ0) is 8.91. The van der Waals surface area contributed by atoms with Gasteiger partial charge in [0.05, 0.1) is 6.54 Å². The van der Waals surface area contributed by atoms with E-state index in [0.29, 0.717) is 10.7 Å². The van der Waals surface area contributed by atoms with Crippen molar-refractivity contribution in [1.29, 1.82) is 0 Å². The topological polar surface area (TPSA) is 37.4 Å². The van der Waals surface area contributed by atoms with Crippen LogP contribution in [0.3, 0.4) is 0 Å². The Kier molecular flexibility index (Phi) is 4.08. The summed E-state index contributed by atoms with van der Waals surface area (Å²) in [7, 11) is -4.60. The van der Waals surface area contributed by atoms with E-state index < -0.39 is 10.4 Å². The Labute approximate surface area is 66.5 Å². The van der Waals surface area contributed by atoms with Crippen LogP contribution in [0.5, 0.6) is 0 Å². The molecule has 0 atom stereocenters. The van der Waals surface area contributed by atoms with Gasteiger partial charge < -0.3 is 0 Å². The molecule has 0 aromatic heterocycles. The molecule has 0 unspecified atom stereocenters. The van der Waals surface area contributed by atoms with Crippen molar-refractivity contribution in [2.45, 2.75) is 13.3 Å². The highest BCUT2D eigenvalue weighted by atomic mass is 32.3. The quantitative estimate of drug-likeness (QED) is 0.466. The summed E-state index contributed by atoms with van der Waals surface area (Å²) < 4.78 is 33.4. The Hall–Kier alpha value is -0.600. The predicted octanol–water partition coefficient (Wildman–Crippen LogP) is 0.546. The van der Waals surface area contributed by atoms with E-state index in [4.69, 9.17) is 6.42 Å². The van der Waals surface area contributed by atoms with Crippen molar-refractivity contribution < 1.29 is 12.3 Å². The lowest BCUT2D eigenvalue weighted by molar-refractivity contribution is 0.413. The SMILES string of the molecule is C#CCN(CCC)S(=O)(=O)F. The van der Waals surface area contributed by atoms with Crippen LogP contribution in [-0.4, -0.2) is 25.8 Å². The molecule has 0 aromatic carbocycles. The summed E-state index contributed by atoms with van der Waals surface area (Å²) in [6.07, 6.45) is 5.38. The fourth-order valence-electron chi connectivity index (χ4n) is 0.616. The molecule has 0 amide bonds. The van der Waals surface area contributed by atoms with Gasteiger partial charge in [-0.25, -0.2) is 0 Å². The largest absolute Gasteiger partial charge is 0.375 e. The highest BCUT2D eigenvalue weighted by Gasteiger charge is 2.17. The van der Waals surface area contributed by atoms with Crippen LogP contribution in [0.2, 0.25) is 0 Å². The molecule has 0 fully saturated rings. The number of hydrogen-bond acceptors (Lipinski definition) is 2. The van der Waals surface area contributed by atoms with Crippen molar-refractivity contribution in [3.05, 3.63) is 0 Å². The Balaban J connectivity index is 4.25. The maximum atomic E-state index is 12.2. The molecule has 0 N–H and O–H groups in total. The van der Waals surface area contributed by atoms with Gasteiger partial charge in [0.1, 0.15) is 0 Å². The molecule has 0 aromatic rings. The summed E-state index contributed by atoms with van der Waals surface area (Å²) in [4.78, 5) is 0. The predicted molar refractivity (Wildman–Crippen MR) is 40.7 cm³/mol. The first-order valence-corrected chi connectivity index (χ1v) is 4.49. The number of terminal acetylenes is 1. The number of rotatable bonds is 4. The third-order valence-corrected chi connectivity index (χ3v) is 1.98. The molecule has 0 aliphatic carbocycles. The molecule has 5 heteroatoms. The highest BCUT2D eigenvalue weighted by molar-refractivity contribution is 7.83. The molecule has 3 nitrogen and oxygen atoms in total. The minimum Gasteiger partial charge on any atom is -0.177 e. The van der Waals surface area contributed by atoms with Crippen LogP contribution in [0.15, 0.2) is 0 Å². The monoisotopic (exact) mass is 179 g/mol. The number of nitrogens with zero attached hydrogens (tertiary/aromatic N) is 1. The van der Waals surface area contributed by atoms with Crippen molar-refractivity contribution >= 4 is 10.4 Å². The van der Waals surface area contributed by atoms with Crippen LogP contribution in [0, 0.1) is 12.3 Å². The average Bonchev–Trinajstić information content (AvgIpc) is 1.85. The molecule has 0 spiro atoms. The Morgan fingerprint density at radius 1 is 1.64 bits per heavy atom. The lowest BCUT2D eigenvalue weighted by Gasteiger charge is -2.11. The molecule has 64 valence electrons. The van der Waals surface area contributed by atoms with Crippen LogP contribution in [0.4, 0.5) is 3.89 Å². The van der Waals surface area contributed by atoms with E-state index in [1.54, 1.807) is 6.92 Å². The Morgan fingerprint density at radius 2 is 2.18 bits per heavy atom. The smallest absolute Gasteiger partial charge is 0.177 e. The third kappa shape index (κ3) is 3.96. The van der Waals surface area contributed by atoms with Crippen LogP contribution in [0.1, 0.15) is 13.3 Å². The van der Waals surface area contributed by atoms with Crippen LogP contribution >= 0.6 is 0 Å². The molecule has 0 saturated heterocycles. The molecule has 0 bridgehead atoms. The van der Waals surface area contributed by atoms with Crippen LogP contribution in [0.25, 0.3) is 0 Å². The molecule has 0 radical (unpaired) electrons. The normalized spacial score (nSPS) is 11.5. The average molecular weight is 179 g/mol. The fourth-order valence-corrected chi connectivity index (χ4v) is 1.25. The second-order valence-corrected chi connectivity index (χ2v) is 3.32. The van der Waals surface area contributed by atoms with Crippen molar-refractivity contribution in [3.63, 3.8) is 0 Å². The van der Waals surface area contributed by atoms with Gasteiger partial charge in [0.2, 0.25) is 0 Å². The second-order valence-electron chi connectivity index (χ2n) is 1.98. The maximum Gasteiger partial charge on any atom is 0.375 e. The summed E-state index contributed by atoms with van der Waals surface area (Å²) in [5, 5.41) is 0. The summed E-state index contributed by atoms with van der Waals surface area (Å²) in [5.41, 5.74) is 0. The van der Waals surface area contributed by atoms with Gasteiger partial charge in [-0.05, 0) is 6.42 Å². The number of halogens is 1. The lowest BCUT2D eigenvalue weighted by Crippen LogP contribution is -2.28. The van der Waals surface area contributed by atoms with E-state index in [1.807, 2.05) is 0 Å². The van der Waals surface area contributed by atoms with Gasteiger partial charge in [-0.3, -0.25) is 0 Å². The van der Waals surface area contributed by atoms with Crippen molar-refractivity contribution in [1.82, 2.24) is 4.31 Å². The molecular formula is C6H10FNO2S. The van der Waals surface area contributed by atoms with E-state index >= 15 is 0 Å². The van der Waals surface area contributed by atoms with Gasteiger partial charge in [0.15, 0.2) is 0 Å². The van der Waals surface area contributed by atoms with Crippen molar-refractivity contribution in [2.75, 3.05) is 13.1 Å². The minimum atomic E-state index is -4.60. The van der Waals surface area contributed by atoms with E-state index in [0.717, 1.165) is 0 Å². The minimum absolute atomic E-state index is 0.128. The molecule has 0 aliphatic heterocycles. The first-order valence-electron chi connectivity index (χ1n) is 3.15. The first-order chi connectivity index (χ1) is 5.02. The van der Waals surface area contributed by atoms with Crippen LogP contribution < -0.4 is 0 Å². The lowest BCUT2D eigenvalue weighted by atomic mass is 10.5. The van der Waals surface area contributed by atoms with Gasteiger partial charge >= 0.3 is 10.4 Å². The van der Waals surface area contributed by atoms with E-state index in [9.17, 15) is 12.3 Å². The molecular weight excluding hydrogens is 169 g/mol. The fraction of sp³-hybridized carbons (Fsp3) is 0.667. The standard InChI is InChI=1S/C6H10FNO2S/c1-3-5-8(6-4-2)11(7,9)10/h1H,4-6H2,2H3. The first kappa shape index (κ1) is 10.4. The molecule has 0 aliphatic rings. The maximum absolute atomic E-state index is 12.2.